The summed E-state index contributed by atoms with van der Waals surface area (Å²) in [7, 11) is 5.69. The van der Waals surface area contributed by atoms with Crippen LogP contribution in [0.15, 0.2) is 12.1 Å². The molecule has 0 aromatic carbocycles. The van der Waals surface area contributed by atoms with E-state index in [9.17, 15) is 10.1 Å². The number of aromatic nitrogens is 1. The van der Waals surface area contributed by atoms with Crippen LogP contribution in [0.3, 0.4) is 0 Å². The summed E-state index contributed by atoms with van der Waals surface area (Å²) in [6.07, 6.45) is -0.0242. The van der Waals surface area contributed by atoms with Crippen molar-refractivity contribution in [3.05, 3.63) is 22.2 Å². The van der Waals surface area contributed by atoms with Gasteiger partial charge in [-0.3, -0.25) is 10.1 Å². The zero-order valence-electron chi connectivity index (χ0n) is 12.7. The van der Waals surface area contributed by atoms with Crippen LogP contribution in [-0.4, -0.2) is 55.1 Å². The summed E-state index contributed by atoms with van der Waals surface area (Å²) in [6.45, 7) is 5.20. The molecule has 7 nitrogen and oxygen atoms in total. The Morgan fingerprint density at radius 1 is 1.30 bits per heavy atom. The van der Waals surface area contributed by atoms with Gasteiger partial charge in [-0.2, -0.15) is 4.98 Å². The molecule has 0 bridgehead atoms. The van der Waals surface area contributed by atoms with E-state index in [1.54, 1.807) is 11.9 Å². The predicted molar refractivity (Wildman–Crippen MR) is 78.5 cm³/mol. The van der Waals surface area contributed by atoms with Crippen LogP contribution in [0.4, 0.5) is 11.5 Å². The number of rotatable bonds is 7. The Morgan fingerprint density at radius 3 is 2.45 bits per heavy atom. The Labute approximate surface area is 119 Å². The van der Waals surface area contributed by atoms with Crippen LogP contribution < -0.4 is 9.64 Å². The number of hydrogen-bond acceptors (Lipinski definition) is 6. The maximum Gasteiger partial charge on any atom is 0.311 e. The van der Waals surface area contributed by atoms with Gasteiger partial charge in [0.25, 0.3) is 0 Å². The third kappa shape index (κ3) is 4.65. The van der Waals surface area contributed by atoms with Gasteiger partial charge in [0, 0.05) is 32.3 Å². The van der Waals surface area contributed by atoms with Crippen molar-refractivity contribution in [3.8, 4) is 5.88 Å². The molecule has 0 amide bonds. The number of nitrogens with zero attached hydrogens (tertiary/aromatic N) is 4. The van der Waals surface area contributed by atoms with E-state index in [1.807, 2.05) is 32.8 Å². The lowest BCUT2D eigenvalue weighted by atomic mass is 10.3. The summed E-state index contributed by atoms with van der Waals surface area (Å²) in [5.41, 5.74) is -0.0117. The monoisotopic (exact) mass is 282 g/mol. The van der Waals surface area contributed by atoms with Crippen molar-refractivity contribution in [2.24, 2.45) is 0 Å². The third-order valence-corrected chi connectivity index (χ3v) is 2.63. The lowest BCUT2D eigenvalue weighted by molar-refractivity contribution is -0.384. The van der Waals surface area contributed by atoms with E-state index in [4.69, 9.17) is 4.74 Å². The normalized spacial score (nSPS) is 10.9. The van der Waals surface area contributed by atoms with Crippen molar-refractivity contribution in [2.75, 3.05) is 39.1 Å². The molecule has 0 saturated carbocycles. The van der Waals surface area contributed by atoms with Gasteiger partial charge in [0.15, 0.2) is 0 Å². The molecule has 0 aliphatic carbocycles. The molecular formula is C13H22N4O3. The number of anilines is 1. The summed E-state index contributed by atoms with van der Waals surface area (Å²) in [5, 5.41) is 11.1. The van der Waals surface area contributed by atoms with Crippen LogP contribution in [-0.2, 0) is 0 Å². The first-order valence-corrected chi connectivity index (χ1v) is 6.49. The van der Waals surface area contributed by atoms with E-state index < -0.39 is 4.92 Å². The van der Waals surface area contributed by atoms with E-state index in [0.717, 1.165) is 6.54 Å². The number of nitro groups is 1. The minimum Gasteiger partial charge on any atom is -0.475 e. The summed E-state index contributed by atoms with van der Waals surface area (Å²) in [6, 6.07) is 2.97. The van der Waals surface area contributed by atoms with Crippen LogP contribution in [0.2, 0.25) is 0 Å². The van der Waals surface area contributed by atoms with Gasteiger partial charge in [0.1, 0.15) is 0 Å². The van der Waals surface area contributed by atoms with Gasteiger partial charge < -0.3 is 14.5 Å². The van der Waals surface area contributed by atoms with Gasteiger partial charge >= 0.3 is 5.69 Å². The van der Waals surface area contributed by atoms with Crippen molar-refractivity contribution in [2.45, 2.75) is 20.0 Å². The highest BCUT2D eigenvalue weighted by Gasteiger charge is 2.20. The number of hydrogen-bond donors (Lipinski definition) is 0. The van der Waals surface area contributed by atoms with Gasteiger partial charge in [-0.15, -0.1) is 0 Å². The molecule has 1 aromatic rings. The zero-order chi connectivity index (χ0) is 15.3. The lowest BCUT2D eigenvalue weighted by Crippen LogP contribution is -2.29. The predicted octanol–water partition coefficient (Wildman–Crippen LogP) is 1.77. The molecule has 7 heteroatoms. The molecule has 112 valence electrons. The smallest absolute Gasteiger partial charge is 0.311 e. The van der Waals surface area contributed by atoms with Gasteiger partial charge in [-0.05, 0) is 27.9 Å². The molecule has 0 fully saturated rings. The summed E-state index contributed by atoms with van der Waals surface area (Å²) < 4.78 is 5.49. The maximum absolute atomic E-state index is 11.1. The number of likely N-dealkylation sites (N-methyl/N-ethyl adjacent to an activating group) is 2. The van der Waals surface area contributed by atoms with Crippen LogP contribution >= 0.6 is 0 Å². The topological polar surface area (TPSA) is 71.7 Å². The first-order valence-electron chi connectivity index (χ1n) is 6.49. The highest BCUT2D eigenvalue weighted by atomic mass is 16.6. The second-order valence-electron chi connectivity index (χ2n) is 5.14. The second kappa shape index (κ2) is 7.04. The average Bonchev–Trinajstić information content (AvgIpc) is 2.34. The molecular weight excluding hydrogens is 260 g/mol. The summed E-state index contributed by atoms with van der Waals surface area (Å²) in [4.78, 5) is 18.7. The summed E-state index contributed by atoms with van der Waals surface area (Å²) in [5.74, 6) is 0.729. The Morgan fingerprint density at radius 2 is 1.95 bits per heavy atom. The molecule has 0 atom stereocenters. The first-order chi connectivity index (χ1) is 9.31. The van der Waals surface area contributed by atoms with E-state index >= 15 is 0 Å². The first kappa shape index (κ1) is 16.2. The van der Waals surface area contributed by atoms with E-state index in [-0.39, 0.29) is 11.8 Å². The molecule has 0 radical (unpaired) electrons. The van der Waals surface area contributed by atoms with Crippen molar-refractivity contribution >= 4 is 11.5 Å². The highest BCUT2D eigenvalue weighted by Crippen LogP contribution is 2.27. The number of pyridine rings is 1. The Hall–Kier alpha value is -1.89. The van der Waals surface area contributed by atoms with Gasteiger partial charge in [0.05, 0.1) is 11.0 Å². The maximum atomic E-state index is 11.1. The Bertz CT molecular complexity index is 463. The molecule has 0 aliphatic rings. The van der Waals surface area contributed by atoms with Crippen LogP contribution in [0.25, 0.3) is 0 Å². The van der Waals surface area contributed by atoms with Gasteiger partial charge in [-0.25, -0.2) is 0 Å². The number of ether oxygens (including phenoxy) is 1. The molecule has 0 saturated heterocycles. The molecule has 0 N–H and O–H groups in total. The molecule has 0 aliphatic heterocycles. The van der Waals surface area contributed by atoms with Crippen LogP contribution in [0.5, 0.6) is 5.88 Å². The van der Waals surface area contributed by atoms with Gasteiger partial charge in [0.2, 0.25) is 11.7 Å². The zero-order valence-corrected chi connectivity index (χ0v) is 12.7. The molecule has 1 aromatic heterocycles. The van der Waals surface area contributed by atoms with E-state index in [2.05, 4.69) is 4.98 Å². The second-order valence-corrected chi connectivity index (χ2v) is 5.14. The minimum atomic E-state index is -0.423. The fourth-order valence-electron chi connectivity index (χ4n) is 1.61. The SMILES string of the molecule is CC(C)Oc1ccc([N+](=O)[O-])c(N(C)CCN(C)C)n1. The van der Waals surface area contributed by atoms with Crippen LogP contribution in [0, 0.1) is 10.1 Å². The fraction of sp³-hybridized carbons (Fsp3) is 0.615. The van der Waals surface area contributed by atoms with Crippen LogP contribution in [0.1, 0.15) is 13.8 Å². The lowest BCUT2D eigenvalue weighted by Gasteiger charge is -2.21. The minimum absolute atomic E-state index is 0.0117. The molecule has 0 unspecified atom stereocenters. The largest absolute Gasteiger partial charge is 0.475 e. The van der Waals surface area contributed by atoms with Crippen molar-refractivity contribution < 1.29 is 9.66 Å². The Kier molecular flexibility index (Phi) is 5.69. The van der Waals surface area contributed by atoms with Crippen molar-refractivity contribution in [1.29, 1.82) is 0 Å². The molecule has 20 heavy (non-hydrogen) atoms. The third-order valence-electron chi connectivity index (χ3n) is 2.63. The van der Waals surface area contributed by atoms with Gasteiger partial charge in [-0.1, -0.05) is 0 Å². The average molecular weight is 282 g/mol. The van der Waals surface area contributed by atoms with E-state index in [1.165, 1.54) is 12.1 Å². The van der Waals surface area contributed by atoms with E-state index in [0.29, 0.717) is 18.2 Å². The van der Waals surface area contributed by atoms with Crippen molar-refractivity contribution in [3.63, 3.8) is 0 Å². The van der Waals surface area contributed by atoms with Crippen molar-refractivity contribution in [1.82, 2.24) is 9.88 Å². The molecule has 0 spiro atoms. The fourth-order valence-corrected chi connectivity index (χ4v) is 1.61. The molecule has 1 rings (SSSR count). The Balaban J connectivity index is 3.01. The standard InChI is InChI=1S/C13H22N4O3/c1-10(2)20-12-7-6-11(17(18)19)13(14-12)16(5)9-8-15(3)4/h6-7,10H,8-9H2,1-5H3. The quantitative estimate of drug-likeness (QED) is 0.560. The summed E-state index contributed by atoms with van der Waals surface area (Å²) >= 11 is 0. The molecule has 1 heterocycles. The highest BCUT2D eigenvalue weighted by molar-refractivity contribution is 5.58.